The van der Waals surface area contributed by atoms with Gasteiger partial charge in [0.05, 0.1) is 5.69 Å². The van der Waals surface area contributed by atoms with Crippen molar-refractivity contribution in [3.8, 4) is 5.69 Å². The summed E-state index contributed by atoms with van der Waals surface area (Å²) in [4.78, 5) is 14.9. The molecular formula is C18H17N5O. The maximum Gasteiger partial charge on any atom is 0.258 e. The van der Waals surface area contributed by atoms with E-state index >= 15 is 0 Å². The van der Waals surface area contributed by atoms with Gasteiger partial charge in [0.1, 0.15) is 6.33 Å². The summed E-state index contributed by atoms with van der Waals surface area (Å²) >= 11 is 0. The number of rotatable bonds is 2. The van der Waals surface area contributed by atoms with Gasteiger partial charge in [0, 0.05) is 17.8 Å². The molecule has 0 unspecified atom stereocenters. The SMILES string of the molecule is O=C(c1ccc(-n2cnnn2)cc1)N1CCCCc2ccccc21. The number of aromatic nitrogens is 4. The predicted octanol–water partition coefficient (Wildman–Crippen LogP) is 2.65. The molecule has 0 radical (unpaired) electrons. The molecule has 0 saturated heterocycles. The van der Waals surface area contributed by atoms with Crippen LogP contribution < -0.4 is 4.90 Å². The summed E-state index contributed by atoms with van der Waals surface area (Å²) in [6, 6.07) is 15.5. The third kappa shape index (κ3) is 2.67. The van der Waals surface area contributed by atoms with Crippen LogP contribution in [0.1, 0.15) is 28.8 Å². The average Bonchev–Trinajstić information content (AvgIpc) is 3.08. The zero-order valence-electron chi connectivity index (χ0n) is 13.2. The minimum atomic E-state index is 0.0348. The van der Waals surface area contributed by atoms with Crippen LogP contribution in [0.4, 0.5) is 5.69 Å². The molecule has 4 rings (SSSR count). The van der Waals surface area contributed by atoms with Crippen LogP contribution in [0.5, 0.6) is 0 Å². The molecule has 1 amide bonds. The number of hydrogen-bond donors (Lipinski definition) is 0. The molecule has 0 bridgehead atoms. The Hall–Kier alpha value is -3.02. The van der Waals surface area contributed by atoms with Gasteiger partial charge in [-0.3, -0.25) is 4.79 Å². The molecule has 0 spiro atoms. The van der Waals surface area contributed by atoms with Gasteiger partial charge >= 0.3 is 0 Å². The molecule has 1 aromatic heterocycles. The van der Waals surface area contributed by atoms with E-state index in [1.165, 1.54) is 11.9 Å². The Morgan fingerprint density at radius 2 is 1.83 bits per heavy atom. The summed E-state index contributed by atoms with van der Waals surface area (Å²) in [6.45, 7) is 0.755. The Balaban J connectivity index is 1.64. The lowest BCUT2D eigenvalue weighted by molar-refractivity contribution is 0.0987. The summed E-state index contributed by atoms with van der Waals surface area (Å²) in [5.41, 5.74) is 3.77. The maximum atomic E-state index is 13.0. The molecule has 0 saturated carbocycles. The van der Waals surface area contributed by atoms with Gasteiger partial charge in [-0.25, -0.2) is 4.68 Å². The van der Waals surface area contributed by atoms with Gasteiger partial charge in [-0.15, -0.1) is 5.10 Å². The Kier molecular flexibility index (Phi) is 3.78. The van der Waals surface area contributed by atoms with Crippen molar-refractivity contribution in [3.63, 3.8) is 0 Å². The molecule has 0 fully saturated rings. The van der Waals surface area contributed by atoms with Crippen LogP contribution in [-0.4, -0.2) is 32.7 Å². The number of benzene rings is 2. The van der Waals surface area contributed by atoms with Gasteiger partial charge in [-0.05, 0) is 65.6 Å². The van der Waals surface area contributed by atoms with Crippen molar-refractivity contribution in [1.29, 1.82) is 0 Å². The minimum Gasteiger partial charge on any atom is -0.308 e. The molecule has 0 N–H and O–H groups in total. The van der Waals surface area contributed by atoms with E-state index in [0.717, 1.165) is 37.2 Å². The van der Waals surface area contributed by atoms with E-state index in [0.29, 0.717) is 5.56 Å². The van der Waals surface area contributed by atoms with Crippen molar-refractivity contribution in [2.24, 2.45) is 0 Å². The number of carbonyl (C=O) groups is 1. The summed E-state index contributed by atoms with van der Waals surface area (Å²) in [5, 5.41) is 11.1. The van der Waals surface area contributed by atoms with E-state index in [1.807, 2.05) is 47.4 Å². The van der Waals surface area contributed by atoms with Crippen LogP contribution >= 0.6 is 0 Å². The zero-order valence-corrected chi connectivity index (χ0v) is 13.2. The topological polar surface area (TPSA) is 63.9 Å². The molecule has 6 heteroatoms. The van der Waals surface area contributed by atoms with Gasteiger partial charge in [-0.2, -0.15) is 0 Å². The monoisotopic (exact) mass is 319 g/mol. The summed E-state index contributed by atoms with van der Waals surface area (Å²) in [5.74, 6) is 0.0348. The second-order valence-electron chi connectivity index (χ2n) is 5.84. The lowest BCUT2D eigenvalue weighted by Gasteiger charge is -2.23. The second-order valence-corrected chi connectivity index (χ2v) is 5.84. The maximum absolute atomic E-state index is 13.0. The van der Waals surface area contributed by atoms with Gasteiger partial charge in [0.15, 0.2) is 0 Å². The quantitative estimate of drug-likeness (QED) is 0.728. The van der Waals surface area contributed by atoms with Crippen molar-refractivity contribution in [1.82, 2.24) is 20.2 Å². The highest BCUT2D eigenvalue weighted by Gasteiger charge is 2.22. The molecular weight excluding hydrogens is 302 g/mol. The van der Waals surface area contributed by atoms with Crippen molar-refractivity contribution >= 4 is 11.6 Å². The van der Waals surface area contributed by atoms with Crippen LogP contribution in [0.3, 0.4) is 0 Å². The summed E-state index contributed by atoms with van der Waals surface area (Å²) in [7, 11) is 0. The molecule has 2 aromatic carbocycles. The highest BCUT2D eigenvalue weighted by molar-refractivity contribution is 6.06. The van der Waals surface area contributed by atoms with Crippen LogP contribution in [0.15, 0.2) is 54.9 Å². The first-order valence-corrected chi connectivity index (χ1v) is 8.06. The molecule has 0 aliphatic carbocycles. The number of fused-ring (bicyclic) bond motifs is 1. The normalized spacial score (nSPS) is 14.1. The number of anilines is 1. The number of para-hydroxylation sites is 1. The number of tetrazole rings is 1. The number of nitrogens with zero attached hydrogens (tertiary/aromatic N) is 5. The first kappa shape index (κ1) is 14.6. The van der Waals surface area contributed by atoms with E-state index in [1.54, 1.807) is 4.68 Å². The van der Waals surface area contributed by atoms with E-state index in [-0.39, 0.29) is 5.91 Å². The fraction of sp³-hybridized carbons (Fsp3) is 0.222. The average molecular weight is 319 g/mol. The minimum absolute atomic E-state index is 0.0348. The van der Waals surface area contributed by atoms with Gasteiger partial charge in [0.2, 0.25) is 0 Å². The van der Waals surface area contributed by atoms with Crippen molar-refractivity contribution < 1.29 is 4.79 Å². The largest absolute Gasteiger partial charge is 0.308 e. The molecule has 2 heterocycles. The third-order valence-corrected chi connectivity index (χ3v) is 4.33. The lowest BCUT2D eigenvalue weighted by Crippen LogP contribution is -2.31. The molecule has 0 atom stereocenters. The predicted molar refractivity (Wildman–Crippen MR) is 90.2 cm³/mol. The fourth-order valence-electron chi connectivity index (χ4n) is 3.09. The number of hydrogen-bond acceptors (Lipinski definition) is 4. The zero-order chi connectivity index (χ0) is 16.4. The summed E-state index contributed by atoms with van der Waals surface area (Å²) in [6.07, 6.45) is 4.68. The van der Waals surface area contributed by atoms with Crippen molar-refractivity contribution in [3.05, 3.63) is 66.0 Å². The van der Waals surface area contributed by atoms with E-state index in [4.69, 9.17) is 0 Å². The highest BCUT2D eigenvalue weighted by atomic mass is 16.2. The molecule has 6 nitrogen and oxygen atoms in total. The Morgan fingerprint density at radius 3 is 2.62 bits per heavy atom. The van der Waals surface area contributed by atoms with E-state index < -0.39 is 0 Å². The molecule has 1 aliphatic rings. The van der Waals surface area contributed by atoms with Crippen LogP contribution in [-0.2, 0) is 6.42 Å². The van der Waals surface area contributed by atoms with Crippen molar-refractivity contribution in [2.75, 3.05) is 11.4 Å². The number of carbonyl (C=O) groups excluding carboxylic acids is 1. The smallest absolute Gasteiger partial charge is 0.258 e. The number of amides is 1. The first-order chi connectivity index (χ1) is 11.8. The fourth-order valence-corrected chi connectivity index (χ4v) is 3.09. The summed E-state index contributed by atoms with van der Waals surface area (Å²) < 4.78 is 1.56. The van der Waals surface area contributed by atoms with E-state index in [2.05, 4.69) is 21.6 Å². The second kappa shape index (κ2) is 6.23. The van der Waals surface area contributed by atoms with Crippen molar-refractivity contribution in [2.45, 2.75) is 19.3 Å². The van der Waals surface area contributed by atoms with Gasteiger partial charge in [0.25, 0.3) is 5.91 Å². The third-order valence-electron chi connectivity index (χ3n) is 4.33. The lowest BCUT2D eigenvalue weighted by atomic mass is 10.1. The molecule has 120 valence electrons. The first-order valence-electron chi connectivity index (χ1n) is 8.06. The molecule has 3 aromatic rings. The van der Waals surface area contributed by atoms with E-state index in [9.17, 15) is 4.79 Å². The van der Waals surface area contributed by atoms with Crippen LogP contribution in [0, 0.1) is 0 Å². The van der Waals surface area contributed by atoms with Gasteiger partial charge < -0.3 is 4.90 Å². The van der Waals surface area contributed by atoms with Gasteiger partial charge in [-0.1, -0.05) is 18.2 Å². The Labute approximate surface area is 139 Å². The highest BCUT2D eigenvalue weighted by Crippen LogP contribution is 2.27. The van der Waals surface area contributed by atoms with Crippen LogP contribution in [0.25, 0.3) is 5.69 Å². The molecule has 1 aliphatic heterocycles. The van der Waals surface area contributed by atoms with Crippen LogP contribution in [0.2, 0.25) is 0 Å². The Morgan fingerprint density at radius 1 is 1.00 bits per heavy atom. The standard InChI is InChI=1S/C18H17N5O/c24-18(15-8-10-16(11-9-15)23-13-19-20-21-23)22-12-4-3-6-14-5-1-2-7-17(14)22/h1-2,5,7-11,13H,3-4,6,12H2. The number of aryl methyl sites for hydroxylation is 1. The molecule has 24 heavy (non-hydrogen) atoms. The Bertz CT molecular complexity index is 842.